The highest BCUT2D eigenvalue weighted by Crippen LogP contribution is 2.26. The number of aromatic nitrogens is 2. The quantitative estimate of drug-likeness (QED) is 0.794. The van der Waals surface area contributed by atoms with Crippen molar-refractivity contribution in [3.8, 4) is 0 Å². The van der Waals surface area contributed by atoms with Gasteiger partial charge in [-0.05, 0) is 67.1 Å². The fraction of sp³-hybridized carbons (Fsp3) is 0.533. The smallest absolute Gasteiger partial charge is 0.178 e. The molecular formula is C15H19BrFN3S. The van der Waals surface area contributed by atoms with Crippen LogP contribution in [0.1, 0.15) is 32.2 Å². The average molecular weight is 372 g/mol. The number of halogens is 2. The fourth-order valence-corrected chi connectivity index (χ4v) is 3.89. The van der Waals surface area contributed by atoms with E-state index >= 15 is 0 Å². The van der Waals surface area contributed by atoms with Crippen molar-refractivity contribution in [3.05, 3.63) is 27.2 Å². The standard InChI is InChI=1S/C15H19BrFN3S/c1-10(9-19-5-3-2-4-6-19)20-14-8-12(17)11(16)7-13(14)18-15(20)21/h7-8,10H,2-6,9H2,1H3,(H,18,21). The molecule has 0 saturated carbocycles. The van der Waals surface area contributed by atoms with Crippen molar-refractivity contribution in [1.82, 2.24) is 14.5 Å². The molecule has 1 aliphatic rings. The zero-order chi connectivity index (χ0) is 15.0. The van der Waals surface area contributed by atoms with E-state index in [1.54, 1.807) is 12.1 Å². The Morgan fingerprint density at radius 1 is 1.33 bits per heavy atom. The van der Waals surface area contributed by atoms with E-state index in [0.717, 1.165) is 30.7 Å². The van der Waals surface area contributed by atoms with Crippen molar-refractivity contribution in [2.75, 3.05) is 19.6 Å². The van der Waals surface area contributed by atoms with Crippen LogP contribution in [0.4, 0.5) is 4.39 Å². The summed E-state index contributed by atoms with van der Waals surface area (Å²) in [7, 11) is 0. The first kappa shape index (κ1) is 15.2. The summed E-state index contributed by atoms with van der Waals surface area (Å²) in [5, 5.41) is 0. The number of nitrogens with zero attached hydrogens (tertiary/aromatic N) is 2. The molecule has 1 saturated heterocycles. The molecule has 3 rings (SSSR count). The maximum Gasteiger partial charge on any atom is 0.178 e. The first-order valence-corrected chi connectivity index (χ1v) is 8.58. The number of piperidine rings is 1. The minimum atomic E-state index is -0.254. The van der Waals surface area contributed by atoms with E-state index in [2.05, 4.69) is 32.7 Å². The highest BCUT2D eigenvalue weighted by atomic mass is 79.9. The van der Waals surface area contributed by atoms with Crippen molar-refractivity contribution in [2.24, 2.45) is 0 Å². The van der Waals surface area contributed by atoms with Crippen molar-refractivity contribution < 1.29 is 4.39 Å². The Balaban J connectivity index is 1.93. The topological polar surface area (TPSA) is 24.0 Å². The van der Waals surface area contributed by atoms with Crippen LogP contribution in [0.3, 0.4) is 0 Å². The molecule has 1 aromatic heterocycles. The van der Waals surface area contributed by atoms with Gasteiger partial charge in [-0.25, -0.2) is 4.39 Å². The lowest BCUT2D eigenvalue weighted by atomic mass is 10.1. The number of H-pyrrole nitrogens is 1. The molecule has 0 radical (unpaired) electrons. The van der Waals surface area contributed by atoms with Crippen molar-refractivity contribution in [3.63, 3.8) is 0 Å². The van der Waals surface area contributed by atoms with Gasteiger partial charge in [-0.15, -0.1) is 0 Å². The van der Waals surface area contributed by atoms with Crippen LogP contribution in [-0.2, 0) is 0 Å². The molecule has 114 valence electrons. The molecular weight excluding hydrogens is 353 g/mol. The van der Waals surface area contributed by atoms with E-state index in [4.69, 9.17) is 12.2 Å². The summed E-state index contributed by atoms with van der Waals surface area (Å²) in [4.78, 5) is 5.65. The van der Waals surface area contributed by atoms with Gasteiger partial charge >= 0.3 is 0 Å². The van der Waals surface area contributed by atoms with Crippen LogP contribution in [-0.4, -0.2) is 34.1 Å². The van der Waals surface area contributed by atoms with E-state index in [1.165, 1.54) is 19.3 Å². The summed E-state index contributed by atoms with van der Waals surface area (Å²) < 4.78 is 17.0. The second kappa shape index (κ2) is 6.18. The largest absolute Gasteiger partial charge is 0.331 e. The summed E-state index contributed by atoms with van der Waals surface area (Å²) in [6.07, 6.45) is 3.87. The molecule has 1 N–H and O–H groups in total. The number of likely N-dealkylation sites (tertiary alicyclic amines) is 1. The Morgan fingerprint density at radius 3 is 2.76 bits per heavy atom. The maximum absolute atomic E-state index is 13.8. The zero-order valence-electron chi connectivity index (χ0n) is 12.0. The number of imidazole rings is 1. The van der Waals surface area contributed by atoms with Crippen LogP contribution < -0.4 is 0 Å². The van der Waals surface area contributed by atoms with Gasteiger partial charge in [0.15, 0.2) is 4.77 Å². The van der Waals surface area contributed by atoms with Crippen LogP contribution >= 0.6 is 28.1 Å². The van der Waals surface area contributed by atoms with E-state index < -0.39 is 0 Å². The molecule has 2 aromatic rings. The summed E-state index contributed by atoms with van der Waals surface area (Å²) in [6, 6.07) is 3.54. The SMILES string of the molecule is CC(CN1CCCCC1)n1c(=S)[nH]c2cc(Br)c(F)cc21. The first-order chi connectivity index (χ1) is 10.1. The van der Waals surface area contributed by atoms with Crippen molar-refractivity contribution in [1.29, 1.82) is 0 Å². The lowest BCUT2D eigenvalue weighted by Crippen LogP contribution is -2.34. The van der Waals surface area contributed by atoms with Crippen LogP contribution in [0.5, 0.6) is 0 Å². The number of rotatable bonds is 3. The molecule has 0 spiro atoms. The summed E-state index contributed by atoms with van der Waals surface area (Å²) >= 11 is 8.65. The summed E-state index contributed by atoms with van der Waals surface area (Å²) in [5.74, 6) is -0.254. The average Bonchev–Trinajstić information content (AvgIpc) is 2.75. The third kappa shape index (κ3) is 3.07. The van der Waals surface area contributed by atoms with Crippen molar-refractivity contribution in [2.45, 2.75) is 32.2 Å². The van der Waals surface area contributed by atoms with Gasteiger partial charge in [0.05, 0.1) is 15.5 Å². The zero-order valence-corrected chi connectivity index (χ0v) is 14.4. The Kier molecular flexibility index (Phi) is 4.47. The maximum atomic E-state index is 13.8. The minimum absolute atomic E-state index is 0.227. The predicted molar refractivity (Wildman–Crippen MR) is 89.8 cm³/mol. The van der Waals surface area contributed by atoms with Gasteiger partial charge in [0.2, 0.25) is 0 Å². The highest BCUT2D eigenvalue weighted by molar-refractivity contribution is 9.10. The fourth-order valence-electron chi connectivity index (χ4n) is 3.16. The second-order valence-corrected chi connectivity index (χ2v) is 7.03. The number of hydrogen-bond acceptors (Lipinski definition) is 2. The molecule has 0 bridgehead atoms. The Morgan fingerprint density at radius 2 is 2.05 bits per heavy atom. The molecule has 0 amide bonds. The van der Waals surface area contributed by atoms with Crippen LogP contribution in [0.15, 0.2) is 16.6 Å². The number of hydrogen-bond donors (Lipinski definition) is 1. The number of aromatic amines is 1. The predicted octanol–water partition coefficient (Wildman–Crippen LogP) is 4.65. The summed E-state index contributed by atoms with van der Waals surface area (Å²) in [5.41, 5.74) is 1.71. The molecule has 2 heterocycles. The third-order valence-corrected chi connectivity index (χ3v) is 5.08. The molecule has 1 atom stereocenters. The number of fused-ring (bicyclic) bond motifs is 1. The monoisotopic (exact) mass is 371 g/mol. The highest BCUT2D eigenvalue weighted by Gasteiger charge is 2.18. The van der Waals surface area contributed by atoms with E-state index in [-0.39, 0.29) is 11.9 Å². The van der Waals surface area contributed by atoms with Crippen LogP contribution in [0.25, 0.3) is 11.0 Å². The molecule has 21 heavy (non-hydrogen) atoms. The molecule has 3 nitrogen and oxygen atoms in total. The molecule has 1 aromatic carbocycles. The van der Waals surface area contributed by atoms with E-state index in [0.29, 0.717) is 9.24 Å². The molecule has 6 heteroatoms. The van der Waals surface area contributed by atoms with Gasteiger partial charge in [-0.1, -0.05) is 6.42 Å². The Hall–Kier alpha value is -0.720. The van der Waals surface area contributed by atoms with Gasteiger partial charge in [-0.3, -0.25) is 0 Å². The number of benzene rings is 1. The molecule has 1 aliphatic heterocycles. The third-order valence-electron chi connectivity index (χ3n) is 4.17. The van der Waals surface area contributed by atoms with Gasteiger partial charge in [0.1, 0.15) is 5.82 Å². The van der Waals surface area contributed by atoms with Crippen molar-refractivity contribution >= 4 is 39.2 Å². The van der Waals surface area contributed by atoms with Crippen LogP contribution in [0.2, 0.25) is 0 Å². The molecule has 1 fully saturated rings. The van der Waals surface area contributed by atoms with E-state index in [9.17, 15) is 4.39 Å². The van der Waals surface area contributed by atoms with E-state index in [1.807, 2.05) is 4.57 Å². The minimum Gasteiger partial charge on any atom is -0.331 e. The lowest BCUT2D eigenvalue weighted by Gasteiger charge is -2.29. The lowest BCUT2D eigenvalue weighted by molar-refractivity contribution is 0.202. The molecule has 1 unspecified atom stereocenters. The Bertz CT molecular complexity index is 703. The second-order valence-electron chi connectivity index (χ2n) is 5.79. The van der Waals surface area contributed by atoms with Crippen LogP contribution in [0, 0.1) is 10.6 Å². The van der Waals surface area contributed by atoms with Gasteiger partial charge < -0.3 is 14.5 Å². The summed E-state index contributed by atoms with van der Waals surface area (Å²) in [6.45, 7) is 5.41. The normalized spacial score (nSPS) is 18.2. The number of nitrogens with one attached hydrogen (secondary N) is 1. The van der Waals surface area contributed by atoms with Gasteiger partial charge in [-0.2, -0.15) is 0 Å². The van der Waals surface area contributed by atoms with Gasteiger partial charge in [0.25, 0.3) is 0 Å². The first-order valence-electron chi connectivity index (χ1n) is 7.38. The van der Waals surface area contributed by atoms with Gasteiger partial charge in [0, 0.05) is 18.7 Å². The Labute approximate surface area is 137 Å². The molecule has 0 aliphatic carbocycles.